The van der Waals surface area contributed by atoms with E-state index in [1.54, 1.807) is 31.4 Å². The summed E-state index contributed by atoms with van der Waals surface area (Å²) in [5.74, 6) is 0.512. The molecule has 0 aliphatic carbocycles. The first-order valence-corrected chi connectivity index (χ1v) is 11.5. The van der Waals surface area contributed by atoms with E-state index >= 15 is 0 Å². The van der Waals surface area contributed by atoms with Crippen LogP contribution in [0.4, 0.5) is 0 Å². The number of amides is 2. The summed E-state index contributed by atoms with van der Waals surface area (Å²) in [5.41, 5.74) is 2.37. The zero-order valence-corrected chi connectivity index (χ0v) is 19.3. The number of nitrogens with one attached hydrogen (secondary N) is 1. The van der Waals surface area contributed by atoms with Crippen molar-refractivity contribution in [3.63, 3.8) is 0 Å². The Hall–Kier alpha value is -3.31. The molecule has 3 aromatic rings. The summed E-state index contributed by atoms with van der Waals surface area (Å²) in [6, 6.07) is 23.9. The minimum Gasteiger partial charge on any atom is -0.497 e. The van der Waals surface area contributed by atoms with E-state index < -0.39 is 6.04 Å². The number of hydrogen-bond acceptors (Lipinski definition) is 3. The molecule has 0 saturated carbocycles. The molecule has 33 heavy (non-hydrogen) atoms. The molecule has 0 bridgehead atoms. The predicted molar refractivity (Wildman–Crippen MR) is 129 cm³/mol. The van der Waals surface area contributed by atoms with Crippen molar-refractivity contribution >= 4 is 23.4 Å². The number of nitrogens with zero attached hydrogens (tertiary/aromatic N) is 1. The van der Waals surface area contributed by atoms with E-state index in [-0.39, 0.29) is 24.3 Å². The second-order valence-corrected chi connectivity index (χ2v) is 8.55. The zero-order valence-electron chi connectivity index (χ0n) is 18.5. The van der Waals surface area contributed by atoms with Crippen LogP contribution in [0.15, 0.2) is 78.9 Å². The Morgan fingerprint density at radius 1 is 1.03 bits per heavy atom. The Kier molecular flexibility index (Phi) is 7.30. The second-order valence-electron chi connectivity index (χ2n) is 8.14. The van der Waals surface area contributed by atoms with Gasteiger partial charge in [0.25, 0.3) is 5.91 Å². The van der Waals surface area contributed by atoms with Crippen LogP contribution in [0.3, 0.4) is 0 Å². The van der Waals surface area contributed by atoms with Gasteiger partial charge < -0.3 is 15.0 Å². The number of hydrogen-bond donors (Lipinski definition) is 1. The van der Waals surface area contributed by atoms with Gasteiger partial charge in [-0.25, -0.2) is 0 Å². The van der Waals surface area contributed by atoms with Gasteiger partial charge in [-0.2, -0.15) is 0 Å². The van der Waals surface area contributed by atoms with Gasteiger partial charge >= 0.3 is 0 Å². The normalized spacial score (nSPS) is 16.3. The molecule has 1 saturated heterocycles. The third kappa shape index (κ3) is 5.37. The van der Waals surface area contributed by atoms with Crippen LogP contribution in [0.1, 0.15) is 52.8 Å². The van der Waals surface area contributed by atoms with Crippen LogP contribution in [0, 0.1) is 0 Å². The molecule has 1 fully saturated rings. The smallest absolute Gasteiger partial charge is 0.253 e. The first kappa shape index (κ1) is 22.9. The number of halogens is 1. The fraction of sp³-hybridized carbons (Fsp3) is 0.259. The lowest BCUT2D eigenvalue weighted by Crippen LogP contribution is -2.36. The molecule has 1 N–H and O–H groups in total. The lowest BCUT2D eigenvalue weighted by molar-refractivity contribution is -0.132. The molecular formula is C27H27ClN2O3. The van der Waals surface area contributed by atoms with Crippen molar-refractivity contribution in [3.05, 3.63) is 101 Å². The van der Waals surface area contributed by atoms with Gasteiger partial charge in [0.15, 0.2) is 0 Å². The van der Waals surface area contributed by atoms with Crippen molar-refractivity contribution in [1.82, 2.24) is 10.2 Å². The van der Waals surface area contributed by atoms with E-state index in [2.05, 4.69) is 5.32 Å². The van der Waals surface area contributed by atoms with Gasteiger partial charge in [0.05, 0.1) is 36.2 Å². The molecule has 1 heterocycles. The monoisotopic (exact) mass is 462 g/mol. The number of likely N-dealkylation sites (tertiary alicyclic amines) is 1. The Morgan fingerprint density at radius 2 is 1.73 bits per heavy atom. The maximum Gasteiger partial charge on any atom is 0.253 e. The van der Waals surface area contributed by atoms with Crippen LogP contribution in [0.2, 0.25) is 5.02 Å². The van der Waals surface area contributed by atoms with Crippen LogP contribution in [-0.2, 0) is 4.79 Å². The van der Waals surface area contributed by atoms with Gasteiger partial charge in [0.2, 0.25) is 5.91 Å². The van der Waals surface area contributed by atoms with Crippen molar-refractivity contribution in [3.8, 4) is 5.75 Å². The molecule has 1 aliphatic heterocycles. The summed E-state index contributed by atoms with van der Waals surface area (Å²) in [5, 5.41) is 3.41. The summed E-state index contributed by atoms with van der Waals surface area (Å²) < 4.78 is 5.26. The molecule has 2 amide bonds. The quantitative estimate of drug-likeness (QED) is 0.499. The van der Waals surface area contributed by atoms with Gasteiger partial charge in [-0.1, -0.05) is 66.2 Å². The fourth-order valence-electron chi connectivity index (χ4n) is 4.35. The minimum atomic E-state index is -0.459. The number of carbonyl (C=O) groups excluding carboxylic acids is 2. The number of methoxy groups -OCH3 is 1. The third-order valence-corrected chi connectivity index (χ3v) is 6.41. The van der Waals surface area contributed by atoms with Crippen molar-refractivity contribution in [2.24, 2.45) is 0 Å². The van der Waals surface area contributed by atoms with Gasteiger partial charge in [0.1, 0.15) is 5.75 Å². The number of benzene rings is 3. The average Bonchev–Trinajstić information content (AvgIpc) is 3.34. The van der Waals surface area contributed by atoms with Crippen molar-refractivity contribution in [2.45, 2.75) is 31.3 Å². The molecule has 0 aromatic heterocycles. The molecule has 0 spiro atoms. The Bertz CT molecular complexity index is 1100. The SMILES string of the molecule is COc1ccc(C2CCCN2C(=O)CC(NC(=O)c2ccccc2Cl)c2ccccc2)cc1. The van der Waals surface area contributed by atoms with Gasteiger partial charge in [-0.3, -0.25) is 9.59 Å². The van der Waals surface area contributed by atoms with E-state index in [4.69, 9.17) is 16.3 Å². The molecule has 3 aromatic carbocycles. The molecule has 4 rings (SSSR count). The highest BCUT2D eigenvalue weighted by molar-refractivity contribution is 6.33. The first-order chi connectivity index (χ1) is 16.1. The highest BCUT2D eigenvalue weighted by atomic mass is 35.5. The lowest BCUT2D eigenvalue weighted by atomic mass is 10.0. The maximum absolute atomic E-state index is 13.4. The number of ether oxygens (including phenoxy) is 1. The summed E-state index contributed by atoms with van der Waals surface area (Å²) in [6.07, 6.45) is 2.04. The number of carbonyl (C=O) groups is 2. The number of rotatable bonds is 7. The molecule has 1 aliphatic rings. The maximum atomic E-state index is 13.4. The highest BCUT2D eigenvalue weighted by Crippen LogP contribution is 2.34. The highest BCUT2D eigenvalue weighted by Gasteiger charge is 2.32. The van der Waals surface area contributed by atoms with Crippen LogP contribution < -0.4 is 10.1 Å². The van der Waals surface area contributed by atoms with Gasteiger partial charge in [-0.05, 0) is 48.2 Å². The fourth-order valence-corrected chi connectivity index (χ4v) is 4.57. The van der Waals surface area contributed by atoms with Crippen molar-refractivity contribution < 1.29 is 14.3 Å². The first-order valence-electron chi connectivity index (χ1n) is 11.1. The van der Waals surface area contributed by atoms with Crippen LogP contribution in [0.25, 0.3) is 0 Å². The summed E-state index contributed by atoms with van der Waals surface area (Å²) in [4.78, 5) is 28.3. The Morgan fingerprint density at radius 3 is 2.42 bits per heavy atom. The van der Waals surface area contributed by atoms with E-state index in [9.17, 15) is 9.59 Å². The third-order valence-electron chi connectivity index (χ3n) is 6.08. The predicted octanol–water partition coefficient (Wildman–Crippen LogP) is 5.57. The van der Waals surface area contributed by atoms with E-state index in [1.807, 2.05) is 59.5 Å². The Balaban J connectivity index is 1.53. The molecule has 2 unspecified atom stereocenters. The zero-order chi connectivity index (χ0) is 23.2. The van der Waals surface area contributed by atoms with Gasteiger partial charge in [0, 0.05) is 6.54 Å². The molecular weight excluding hydrogens is 436 g/mol. The van der Waals surface area contributed by atoms with Crippen molar-refractivity contribution in [2.75, 3.05) is 13.7 Å². The summed E-state index contributed by atoms with van der Waals surface area (Å²) in [7, 11) is 1.64. The lowest BCUT2D eigenvalue weighted by Gasteiger charge is -2.28. The molecule has 2 atom stereocenters. The average molecular weight is 463 g/mol. The molecule has 5 nitrogen and oxygen atoms in total. The Labute approximate surface area is 199 Å². The van der Waals surface area contributed by atoms with E-state index in [1.165, 1.54) is 0 Å². The standard InChI is InChI=1S/C27H27ClN2O3/c1-33-21-15-13-20(14-16-21)25-12-7-17-30(25)26(31)18-24(19-8-3-2-4-9-19)29-27(32)22-10-5-6-11-23(22)28/h2-6,8-11,13-16,24-25H,7,12,17-18H2,1H3,(H,29,32). The molecule has 6 heteroatoms. The van der Waals surface area contributed by atoms with Crippen LogP contribution in [0.5, 0.6) is 5.75 Å². The van der Waals surface area contributed by atoms with Crippen LogP contribution >= 0.6 is 11.6 Å². The minimum absolute atomic E-state index is 0.0154. The van der Waals surface area contributed by atoms with Crippen molar-refractivity contribution in [1.29, 1.82) is 0 Å². The second kappa shape index (κ2) is 10.5. The topological polar surface area (TPSA) is 58.6 Å². The van der Waals surface area contributed by atoms with Crippen LogP contribution in [-0.4, -0.2) is 30.4 Å². The van der Waals surface area contributed by atoms with E-state index in [0.29, 0.717) is 17.1 Å². The summed E-state index contributed by atoms with van der Waals surface area (Å²) >= 11 is 6.22. The molecule has 170 valence electrons. The van der Waals surface area contributed by atoms with E-state index in [0.717, 1.165) is 29.7 Å². The van der Waals surface area contributed by atoms with Gasteiger partial charge in [-0.15, -0.1) is 0 Å². The molecule has 0 radical (unpaired) electrons. The summed E-state index contributed by atoms with van der Waals surface area (Å²) in [6.45, 7) is 0.704. The largest absolute Gasteiger partial charge is 0.497 e.